The maximum absolute atomic E-state index is 15.1. The van der Waals surface area contributed by atoms with Gasteiger partial charge in [-0.05, 0) is 87.0 Å². The average Bonchev–Trinajstić information content (AvgIpc) is 3.17. The molecule has 3 saturated carbocycles. The van der Waals surface area contributed by atoms with Crippen LogP contribution in [-0.2, 0) is 9.53 Å². The summed E-state index contributed by atoms with van der Waals surface area (Å²) in [4.78, 5) is 45.9. The highest BCUT2D eigenvalue weighted by Gasteiger charge is 2.53. The summed E-state index contributed by atoms with van der Waals surface area (Å²) in [6.45, 7) is 2.56. The van der Waals surface area contributed by atoms with Gasteiger partial charge < -0.3 is 10.1 Å². The zero-order valence-corrected chi connectivity index (χ0v) is 22.2. The summed E-state index contributed by atoms with van der Waals surface area (Å²) in [5, 5.41) is 3.27. The molecular weight excluding hydrogens is 518 g/mol. The van der Waals surface area contributed by atoms with Crippen molar-refractivity contribution in [2.75, 3.05) is 24.7 Å². The van der Waals surface area contributed by atoms with E-state index in [4.69, 9.17) is 4.74 Å². The summed E-state index contributed by atoms with van der Waals surface area (Å²) in [6.07, 6.45) is 6.66. The van der Waals surface area contributed by atoms with Gasteiger partial charge in [-0.3, -0.25) is 23.9 Å². The predicted molar refractivity (Wildman–Crippen MR) is 143 cm³/mol. The fourth-order valence-electron chi connectivity index (χ4n) is 7.76. The Hall–Kier alpha value is -3.66. The van der Waals surface area contributed by atoms with Crippen molar-refractivity contribution in [3.63, 3.8) is 0 Å². The van der Waals surface area contributed by atoms with Gasteiger partial charge in [0.2, 0.25) is 5.43 Å². The van der Waals surface area contributed by atoms with Crippen molar-refractivity contribution in [2.45, 2.75) is 44.6 Å². The molecule has 4 fully saturated rings. The summed E-state index contributed by atoms with van der Waals surface area (Å²) < 4.78 is 35.4. The lowest BCUT2D eigenvalue weighted by molar-refractivity contribution is -0.125. The molecule has 0 spiro atoms. The first-order valence-electron chi connectivity index (χ1n) is 13.9. The Morgan fingerprint density at radius 3 is 2.75 bits per heavy atom. The van der Waals surface area contributed by atoms with Crippen LogP contribution in [0.15, 0.2) is 41.3 Å². The van der Waals surface area contributed by atoms with Gasteiger partial charge in [-0.15, -0.1) is 0 Å². The summed E-state index contributed by atoms with van der Waals surface area (Å²) in [7, 11) is 0. The van der Waals surface area contributed by atoms with Gasteiger partial charge in [-0.1, -0.05) is 0 Å². The van der Waals surface area contributed by atoms with E-state index in [-0.39, 0.29) is 47.2 Å². The molecule has 3 aliphatic carbocycles. The Balaban J connectivity index is 1.32. The minimum atomic E-state index is -0.878. The van der Waals surface area contributed by atoms with Crippen molar-refractivity contribution in [1.82, 2.24) is 14.9 Å². The highest BCUT2D eigenvalue weighted by Crippen LogP contribution is 2.60. The van der Waals surface area contributed by atoms with Gasteiger partial charge >= 0.3 is 0 Å². The van der Waals surface area contributed by atoms with E-state index in [1.54, 1.807) is 0 Å². The van der Waals surface area contributed by atoms with E-state index >= 15 is 4.39 Å². The Labute approximate surface area is 229 Å². The van der Waals surface area contributed by atoms with E-state index in [1.165, 1.54) is 53.1 Å². The van der Waals surface area contributed by atoms with E-state index in [0.29, 0.717) is 18.4 Å². The third kappa shape index (κ3) is 4.11. The zero-order chi connectivity index (χ0) is 27.8. The number of fused-ring (bicyclic) bond motifs is 2. The van der Waals surface area contributed by atoms with Crippen LogP contribution in [0.3, 0.4) is 0 Å². The molecule has 3 heterocycles. The minimum Gasteiger partial charge on any atom is -0.370 e. The first-order chi connectivity index (χ1) is 19.2. The second kappa shape index (κ2) is 9.19. The molecule has 2 aromatic heterocycles. The molecule has 1 saturated heterocycles. The molecular formula is C30H30F2N4O4. The third-order valence-corrected chi connectivity index (χ3v) is 9.44. The summed E-state index contributed by atoms with van der Waals surface area (Å²) in [5.74, 6) is 0.567. The zero-order valence-electron chi connectivity index (χ0n) is 22.2. The fourth-order valence-corrected chi connectivity index (χ4v) is 7.76. The number of ether oxygens (including phenoxy) is 1. The van der Waals surface area contributed by atoms with Gasteiger partial charge in [0.1, 0.15) is 29.6 Å². The molecule has 10 heteroatoms. The van der Waals surface area contributed by atoms with E-state index in [9.17, 15) is 18.8 Å². The monoisotopic (exact) mass is 548 g/mol. The number of morpholine rings is 1. The quantitative estimate of drug-likeness (QED) is 0.533. The van der Waals surface area contributed by atoms with E-state index in [0.717, 1.165) is 36.8 Å². The molecule has 208 valence electrons. The molecule has 4 aliphatic rings. The Morgan fingerprint density at radius 1 is 1.10 bits per heavy atom. The normalized spacial score (nSPS) is 29.3. The molecule has 4 unspecified atom stereocenters. The summed E-state index contributed by atoms with van der Waals surface area (Å²) in [6, 6.07) is 6.11. The molecule has 5 atom stereocenters. The third-order valence-electron chi connectivity index (χ3n) is 9.44. The number of pyridine rings is 2. The topological polar surface area (TPSA) is 93.5 Å². The van der Waals surface area contributed by atoms with Crippen molar-refractivity contribution >= 4 is 28.7 Å². The minimum absolute atomic E-state index is 0.0577. The van der Waals surface area contributed by atoms with Crippen molar-refractivity contribution < 1.29 is 23.1 Å². The second-order valence-electron chi connectivity index (χ2n) is 12.2. The number of carbonyl (C=O) groups excluding carboxylic acids is 2. The van der Waals surface area contributed by atoms with Crippen molar-refractivity contribution in [3.8, 4) is 5.69 Å². The molecule has 8 nitrogen and oxygen atoms in total. The van der Waals surface area contributed by atoms with Gasteiger partial charge in [0.15, 0.2) is 5.65 Å². The predicted octanol–water partition coefficient (Wildman–Crippen LogP) is 3.97. The van der Waals surface area contributed by atoms with Gasteiger partial charge in [-0.25, -0.2) is 13.8 Å². The Morgan fingerprint density at radius 2 is 1.95 bits per heavy atom. The molecule has 2 amide bonds. The average molecular weight is 549 g/mol. The molecule has 40 heavy (non-hydrogen) atoms. The molecule has 1 aliphatic heterocycles. The summed E-state index contributed by atoms with van der Waals surface area (Å²) >= 11 is 0. The maximum atomic E-state index is 15.1. The van der Waals surface area contributed by atoms with Gasteiger partial charge in [-0.2, -0.15) is 0 Å². The van der Waals surface area contributed by atoms with Crippen LogP contribution in [0.1, 0.15) is 49.4 Å². The number of rotatable bonds is 4. The number of amides is 2. The summed E-state index contributed by atoms with van der Waals surface area (Å²) in [5.41, 5.74) is -1.14. The molecule has 7 rings (SSSR count). The van der Waals surface area contributed by atoms with Gasteiger partial charge in [0.05, 0.1) is 24.2 Å². The van der Waals surface area contributed by atoms with Crippen LogP contribution in [-0.4, -0.2) is 46.7 Å². The van der Waals surface area contributed by atoms with E-state index < -0.39 is 28.5 Å². The van der Waals surface area contributed by atoms with Crippen LogP contribution in [0.25, 0.3) is 16.7 Å². The first-order valence-corrected chi connectivity index (χ1v) is 13.9. The number of hydrogen-bond acceptors (Lipinski definition) is 5. The number of nitrogens with zero attached hydrogens (tertiary/aromatic N) is 3. The standard InChI is InChI=1S/C30H30F2N4O4/c1-30(12-16-8-17-10-18(13-30)21(17)9-16)34-29(39)22-14-36(24-4-2-19(31)11-23(24)32)28-20(27(22)38)3-5-25(33-28)35-6-7-40-15-26(35)37/h2-5,11,14,16-18,21H,6-10,12-13,15H2,1H3,(H,34,39)/t16?,17?,18?,21?,30-/m1/s1. The lowest BCUT2D eigenvalue weighted by Gasteiger charge is -2.46. The lowest BCUT2D eigenvalue weighted by Crippen LogP contribution is -2.51. The van der Waals surface area contributed by atoms with Crippen molar-refractivity contribution in [1.29, 1.82) is 0 Å². The molecule has 0 radical (unpaired) electrons. The first kappa shape index (κ1) is 25.3. The highest BCUT2D eigenvalue weighted by atomic mass is 19.1. The van der Waals surface area contributed by atoms with Gasteiger partial charge in [0.25, 0.3) is 11.8 Å². The Kier molecular flexibility index (Phi) is 5.82. The van der Waals surface area contributed by atoms with Crippen LogP contribution < -0.4 is 15.6 Å². The van der Waals surface area contributed by atoms with Crippen molar-refractivity contribution in [2.24, 2.45) is 23.7 Å². The molecule has 1 aromatic carbocycles. The molecule has 1 N–H and O–H groups in total. The van der Waals surface area contributed by atoms with Crippen LogP contribution in [0.5, 0.6) is 0 Å². The number of anilines is 1. The number of benzene rings is 1. The van der Waals surface area contributed by atoms with Crippen LogP contribution in [0.4, 0.5) is 14.6 Å². The SMILES string of the molecule is C[C@@]1(NC(=O)c2cn(-c3ccc(F)cc3F)c3nc(N4CCOCC4=O)ccc3c2=O)CC2CC3CC(C1)C3C2. The second-order valence-corrected chi connectivity index (χ2v) is 12.2. The number of hydrogen-bond donors (Lipinski definition) is 1. The van der Waals surface area contributed by atoms with Crippen LogP contribution >= 0.6 is 0 Å². The number of aromatic nitrogens is 2. The largest absolute Gasteiger partial charge is 0.370 e. The maximum Gasteiger partial charge on any atom is 0.257 e. The lowest BCUT2D eigenvalue weighted by atomic mass is 9.62. The van der Waals surface area contributed by atoms with Crippen LogP contribution in [0, 0.1) is 35.3 Å². The molecule has 2 bridgehead atoms. The smallest absolute Gasteiger partial charge is 0.257 e. The van der Waals surface area contributed by atoms with E-state index in [2.05, 4.69) is 17.2 Å². The van der Waals surface area contributed by atoms with Crippen molar-refractivity contribution in [3.05, 3.63) is 63.9 Å². The van der Waals surface area contributed by atoms with E-state index in [1.807, 2.05) is 0 Å². The fraction of sp³-hybridized carbons (Fsp3) is 0.467. The van der Waals surface area contributed by atoms with Crippen LogP contribution in [0.2, 0.25) is 0 Å². The molecule has 3 aromatic rings. The number of carbonyl (C=O) groups is 2. The van der Waals surface area contributed by atoms with Gasteiger partial charge in [0, 0.05) is 17.8 Å². The highest BCUT2D eigenvalue weighted by molar-refractivity contribution is 5.99. The Bertz CT molecular complexity index is 1620. The number of nitrogens with one attached hydrogen (secondary N) is 1. The number of halogens is 2.